The van der Waals surface area contributed by atoms with E-state index in [4.69, 9.17) is 4.74 Å². The summed E-state index contributed by atoms with van der Waals surface area (Å²) in [4.78, 5) is 15.8. The third-order valence-corrected chi connectivity index (χ3v) is 3.59. The van der Waals surface area contributed by atoms with Gasteiger partial charge in [-0.15, -0.1) is 5.10 Å². The molecule has 100 valence electrons. The lowest BCUT2D eigenvalue weighted by atomic mass is 10.2. The van der Waals surface area contributed by atoms with E-state index >= 15 is 0 Å². The summed E-state index contributed by atoms with van der Waals surface area (Å²) in [5, 5.41) is 10.9. The Kier molecular flexibility index (Phi) is 4.60. The van der Waals surface area contributed by atoms with Crippen molar-refractivity contribution in [1.29, 1.82) is 0 Å². The smallest absolute Gasteiger partial charge is 0.322 e. The van der Waals surface area contributed by atoms with Crippen molar-refractivity contribution >= 4 is 17.7 Å². The highest BCUT2D eigenvalue weighted by molar-refractivity contribution is 7.99. The van der Waals surface area contributed by atoms with Gasteiger partial charge in [0.25, 0.3) is 0 Å². The first kappa shape index (κ1) is 13.4. The van der Waals surface area contributed by atoms with Crippen molar-refractivity contribution in [1.82, 2.24) is 20.5 Å². The van der Waals surface area contributed by atoms with Crippen LogP contribution in [0.25, 0.3) is 0 Å². The number of thioether (sulfide) groups is 1. The van der Waals surface area contributed by atoms with E-state index in [9.17, 15) is 4.79 Å². The molecule has 1 aliphatic carbocycles. The number of aromatic nitrogens is 3. The van der Waals surface area contributed by atoms with Crippen LogP contribution >= 0.6 is 11.8 Å². The number of hydrogen-bond acceptors (Lipinski definition) is 6. The number of aryl methyl sites for hydroxylation is 1. The van der Waals surface area contributed by atoms with Crippen LogP contribution in [0.4, 0.5) is 0 Å². The minimum absolute atomic E-state index is 0.186. The van der Waals surface area contributed by atoms with Gasteiger partial charge in [0.05, 0.1) is 7.11 Å². The Morgan fingerprint density at radius 2 is 2.44 bits per heavy atom. The maximum Gasteiger partial charge on any atom is 0.322 e. The minimum atomic E-state index is -0.213. The fraction of sp³-hybridized carbons (Fsp3) is 0.727. The fourth-order valence-corrected chi connectivity index (χ4v) is 2.45. The first-order chi connectivity index (χ1) is 8.69. The Bertz CT molecular complexity index is 406. The average Bonchev–Trinajstić information content (AvgIpc) is 3.09. The topological polar surface area (TPSA) is 79.9 Å². The molecule has 1 unspecified atom stereocenters. The number of esters is 1. The number of nitrogens with zero attached hydrogens (tertiary/aromatic N) is 2. The highest BCUT2D eigenvalue weighted by atomic mass is 32.2. The largest absolute Gasteiger partial charge is 0.468 e. The van der Waals surface area contributed by atoms with Gasteiger partial charge in [-0.3, -0.25) is 9.89 Å². The Morgan fingerprint density at radius 1 is 1.67 bits per heavy atom. The molecule has 1 heterocycles. The van der Waals surface area contributed by atoms with Gasteiger partial charge in [-0.05, 0) is 26.2 Å². The predicted molar refractivity (Wildman–Crippen MR) is 68.4 cm³/mol. The van der Waals surface area contributed by atoms with E-state index in [1.165, 1.54) is 7.11 Å². The van der Waals surface area contributed by atoms with Gasteiger partial charge >= 0.3 is 5.97 Å². The van der Waals surface area contributed by atoms with E-state index in [1.807, 2.05) is 6.92 Å². The Morgan fingerprint density at radius 3 is 3.00 bits per heavy atom. The second kappa shape index (κ2) is 6.19. The lowest BCUT2D eigenvalue weighted by Crippen LogP contribution is -2.39. The van der Waals surface area contributed by atoms with Crippen molar-refractivity contribution in [3.05, 3.63) is 5.82 Å². The van der Waals surface area contributed by atoms with Crippen LogP contribution in [-0.2, 0) is 9.53 Å². The first-order valence-electron chi connectivity index (χ1n) is 6.04. The van der Waals surface area contributed by atoms with Gasteiger partial charge in [0.15, 0.2) is 0 Å². The van der Waals surface area contributed by atoms with E-state index in [-0.39, 0.29) is 12.0 Å². The molecule has 1 aromatic rings. The molecule has 6 nitrogen and oxygen atoms in total. The summed E-state index contributed by atoms with van der Waals surface area (Å²) in [7, 11) is 1.43. The molecule has 0 aromatic carbocycles. The van der Waals surface area contributed by atoms with Crippen molar-refractivity contribution in [3.8, 4) is 0 Å². The zero-order chi connectivity index (χ0) is 13.0. The Labute approximate surface area is 110 Å². The van der Waals surface area contributed by atoms with E-state index in [0.29, 0.717) is 6.04 Å². The summed E-state index contributed by atoms with van der Waals surface area (Å²) in [5.41, 5.74) is 0. The summed E-state index contributed by atoms with van der Waals surface area (Å²) in [5.74, 6) is 1.41. The lowest BCUT2D eigenvalue weighted by molar-refractivity contribution is -0.143. The van der Waals surface area contributed by atoms with Gasteiger partial charge in [0.2, 0.25) is 5.16 Å². The average molecular weight is 270 g/mol. The van der Waals surface area contributed by atoms with E-state index in [2.05, 4.69) is 20.5 Å². The molecule has 1 saturated carbocycles. The van der Waals surface area contributed by atoms with E-state index < -0.39 is 0 Å². The van der Waals surface area contributed by atoms with Gasteiger partial charge in [-0.1, -0.05) is 11.8 Å². The van der Waals surface area contributed by atoms with Crippen molar-refractivity contribution < 1.29 is 9.53 Å². The summed E-state index contributed by atoms with van der Waals surface area (Å²) in [6.45, 7) is 1.86. The molecule has 2 rings (SSSR count). The maximum absolute atomic E-state index is 11.6. The number of hydrogen-bond donors (Lipinski definition) is 2. The summed E-state index contributed by atoms with van der Waals surface area (Å²) in [6.07, 6.45) is 3.03. The summed E-state index contributed by atoms with van der Waals surface area (Å²) >= 11 is 1.54. The first-order valence-corrected chi connectivity index (χ1v) is 7.03. The van der Waals surface area contributed by atoms with Crippen LogP contribution in [0, 0.1) is 6.92 Å². The van der Waals surface area contributed by atoms with Gasteiger partial charge in [0.1, 0.15) is 11.9 Å². The standard InChI is InChI=1S/C11H18N4O2S/c1-7-12-11(15-14-7)18-6-5-9(10(16)17-2)13-8-3-4-8/h8-9,13H,3-6H2,1-2H3,(H,12,14,15). The molecular formula is C11H18N4O2S. The molecule has 18 heavy (non-hydrogen) atoms. The molecule has 0 spiro atoms. The molecule has 0 aliphatic heterocycles. The highest BCUT2D eigenvalue weighted by Crippen LogP contribution is 2.21. The minimum Gasteiger partial charge on any atom is -0.468 e. The van der Waals surface area contributed by atoms with Crippen LogP contribution in [0.1, 0.15) is 25.1 Å². The number of carbonyl (C=O) groups is 1. The molecule has 0 saturated heterocycles. The molecule has 1 aliphatic rings. The molecule has 0 bridgehead atoms. The summed E-state index contributed by atoms with van der Waals surface area (Å²) in [6, 6.07) is 0.278. The lowest BCUT2D eigenvalue weighted by Gasteiger charge is -2.15. The number of methoxy groups -OCH3 is 1. The Hall–Kier alpha value is -1.08. The Balaban J connectivity index is 1.75. The number of aromatic amines is 1. The zero-order valence-electron chi connectivity index (χ0n) is 10.6. The molecule has 7 heteroatoms. The summed E-state index contributed by atoms with van der Waals surface area (Å²) < 4.78 is 4.80. The molecule has 1 fully saturated rings. The van der Waals surface area contributed by atoms with Crippen LogP contribution < -0.4 is 5.32 Å². The van der Waals surface area contributed by atoms with E-state index in [1.54, 1.807) is 11.8 Å². The number of nitrogens with one attached hydrogen (secondary N) is 2. The third kappa shape index (κ3) is 3.99. The number of H-pyrrole nitrogens is 1. The van der Waals surface area contributed by atoms with Gasteiger partial charge in [-0.2, -0.15) is 0 Å². The van der Waals surface area contributed by atoms with Crippen LogP contribution in [0.5, 0.6) is 0 Å². The van der Waals surface area contributed by atoms with E-state index in [0.717, 1.165) is 36.0 Å². The van der Waals surface area contributed by atoms with Gasteiger partial charge in [-0.25, -0.2) is 4.98 Å². The molecule has 0 radical (unpaired) electrons. The molecule has 2 N–H and O–H groups in total. The SMILES string of the molecule is COC(=O)C(CCSc1n[nH]c(C)n1)NC1CC1. The molecular weight excluding hydrogens is 252 g/mol. The van der Waals surface area contributed by atoms with Crippen molar-refractivity contribution in [2.24, 2.45) is 0 Å². The zero-order valence-corrected chi connectivity index (χ0v) is 11.4. The molecule has 0 amide bonds. The second-order valence-corrected chi connectivity index (χ2v) is 5.42. The van der Waals surface area contributed by atoms with Crippen LogP contribution in [-0.4, -0.2) is 46.1 Å². The third-order valence-electron chi connectivity index (χ3n) is 2.71. The van der Waals surface area contributed by atoms with Crippen molar-refractivity contribution in [3.63, 3.8) is 0 Å². The van der Waals surface area contributed by atoms with Crippen molar-refractivity contribution in [2.75, 3.05) is 12.9 Å². The molecule has 1 atom stereocenters. The van der Waals surface area contributed by atoms with Gasteiger partial charge in [0, 0.05) is 11.8 Å². The molecule has 1 aromatic heterocycles. The highest BCUT2D eigenvalue weighted by Gasteiger charge is 2.28. The van der Waals surface area contributed by atoms with Crippen LogP contribution in [0.2, 0.25) is 0 Å². The van der Waals surface area contributed by atoms with Crippen molar-refractivity contribution in [2.45, 2.75) is 43.4 Å². The monoisotopic (exact) mass is 270 g/mol. The maximum atomic E-state index is 11.6. The second-order valence-electron chi connectivity index (χ2n) is 4.36. The van der Waals surface area contributed by atoms with Crippen LogP contribution in [0.15, 0.2) is 5.16 Å². The number of ether oxygens (including phenoxy) is 1. The quantitative estimate of drug-likeness (QED) is 0.566. The van der Waals surface area contributed by atoms with Gasteiger partial charge < -0.3 is 10.1 Å². The predicted octanol–water partition coefficient (Wildman–Crippen LogP) is 0.889. The number of carbonyl (C=O) groups excluding carboxylic acids is 1. The fourth-order valence-electron chi connectivity index (χ4n) is 1.60. The number of rotatable bonds is 7. The normalized spacial score (nSPS) is 16.6. The van der Waals surface area contributed by atoms with Crippen LogP contribution in [0.3, 0.4) is 0 Å².